The minimum atomic E-state index is 0.852. The fourth-order valence-electron chi connectivity index (χ4n) is 2.98. The van der Waals surface area contributed by atoms with Crippen LogP contribution in [0, 0.1) is 13.8 Å². The third-order valence-electron chi connectivity index (χ3n) is 3.94. The van der Waals surface area contributed by atoms with Crippen molar-refractivity contribution in [3.63, 3.8) is 0 Å². The lowest BCUT2D eigenvalue weighted by molar-refractivity contribution is 1.23. The first-order valence-corrected chi connectivity index (χ1v) is 8.71. The Morgan fingerprint density at radius 3 is 2.42 bits per heavy atom. The lowest BCUT2D eigenvalue weighted by atomic mass is 10.1. The summed E-state index contributed by atoms with van der Waals surface area (Å²) < 4.78 is 0. The average molecular weight is 331 g/mol. The second kappa shape index (κ2) is 6.06. The Balaban J connectivity index is 1.85. The molecule has 0 saturated carbocycles. The molecule has 4 heteroatoms. The first-order valence-electron chi connectivity index (χ1n) is 7.83. The Kier molecular flexibility index (Phi) is 3.75. The Hall–Kier alpha value is -2.72. The van der Waals surface area contributed by atoms with Gasteiger partial charge in [0.2, 0.25) is 0 Å². The van der Waals surface area contributed by atoms with E-state index in [4.69, 9.17) is 0 Å². The third-order valence-corrected chi connectivity index (χ3v) is 4.83. The van der Waals surface area contributed by atoms with Gasteiger partial charge in [-0.15, -0.1) is 11.3 Å². The summed E-state index contributed by atoms with van der Waals surface area (Å²) in [5.41, 5.74) is 5.87. The lowest BCUT2D eigenvalue weighted by Gasteiger charge is -2.10. The molecule has 0 aliphatic carbocycles. The fourth-order valence-corrected chi connectivity index (χ4v) is 3.90. The van der Waals surface area contributed by atoms with Crippen molar-refractivity contribution >= 4 is 33.1 Å². The van der Waals surface area contributed by atoms with Crippen molar-refractivity contribution in [3.8, 4) is 11.1 Å². The van der Waals surface area contributed by atoms with E-state index in [0.717, 1.165) is 21.7 Å². The van der Waals surface area contributed by atoms with Crippen molar-refractivity contribution < 1.29 is 0 Å². The molecule has 0 saturated heterocycles. The zero-order valence-electron chi connectivity index (χ0n) is 13.6. The van der Waals surface area contributed by atoms with Gasteiger partial charge in [0.05, 0.1) is 5.39 Å². The summed E-state index contributed by atoms with van der Waals surface area (Å²) in [7, 11) is 0. The van der Waals surface area contributed by atoms with E-state index in [-0.39, 0.29) is 0 Å². The predicted molar refractivity (Wildman–Crippen MR) is 102 cm³/mol. The van der Waals surface area contributed by atoms with E-state index in [1.165, 1.54) is 22.3 Å². The van der Waals surface area contributed by atoms with Crippen LogP contribution in [0.5, 0.6) is 0 Å². The summed E-state index contributed by atoms with van der Waals surface area (Å²) in [6.07, 6.45) is 1.62. The van der Waals surface area contributed by atoms with E-state index in [0.29, 0.717) is 0 Å². The van der Waals surface area contributed by atoms with Gasteiger partial charge in [-0.3, -0.25) is 0 Å². The molecule has 0 fully saturated rings. The van der Waals surface area contributed by atoms with Crippen LogP contribution in [0.25, 0.3) is 21.3 Å². The second-order valence-corrected chi connectivity index (χ2v) is 6.78. The quantitative estimate of drug-likeness (QED) is 0.522. The predicted octanol–water partition coefficient (Wildman–Crippen LogP) is 5.72. The van der Waals surface area contributed by atoms with Crippen LogP contribution >= 0.6 is 11.3 Å². The van der Waals surface area contributed by atoms with Crippen LogP contribution in [0.1, 0.15) is 11.1 Å². The molecule has 0 bridgehead atoms. The first kappa shape index (κ1) is 14.8. The lowest BCUT2D eigenvalue weighted by Crippen LogP contribution is -1.96. The van der Waals surface area contributed by atoms with E-state index in [9.17, 15) is 0 Å². The molecule has 4 rings (SSSR count). The zero-order valence-corrected chi connectivity index (χ0v) is 14.4. The molecule has 0 unspecified atom stereocenters. The van der Waals surface area contributed by atoms with Gasteiger partial charge < -0.3 is 5.32 Å². The molecule has 24 heavy (non-hydrogen) atoms. The van der Waals surface area contributed by atoms with Gasteiger partial charge in [0.1, 0.15) is 17.0 Å². The minimum Gasteiger partial charge on any atom is -0.340 e. The molecule has 118 valence electrons. The second-order valence-electron chi connectivity index (χ2n) is 5.92. The molecule has 2 aromatic heterocycles. The van der Waals surface area contributed by atoms with Gasteiger partial charge in [-0.25, -0.2) is 9.97 Å². The number of hydrogen-bond acceptors (Lipinski definition) is 4. The molecular formula is C20H17N3S. The number of hydrogen-bond donors (Lipinski definition) is 1. The molecule has 2 heterocycles. The number of nitrogens with one attached hydrogen (secondary N) is 1. The summed E-state index contributed by atoms with van der Waals surface area (Å²) in [5.74, 6) is 0.852. The van der Waals surface area contributed by atoms with Crippen LogP contribution < -0.4 is 5.32 Å². The van der Waals surface area contributed by atoms with Gasteiger partial charge in [-0.05, 0) is 42.7 Å². The van der Waals surface area contributed by atoms with Crippen molar-refractivity contribution in [2.45, 2.75) is 13.8 Å². The maximum Gasteiger partial charge on any atom is 0.143 e. The Morgan fingerprint density at radius 1 is 0.917 bits per heavy atom. The fraction of sp³-hybridized carbons (Fsp3) is 0.100. The van der Waals surface area contributed by atoms with E-state index in [2.05, 4.69) is 77.0 Å². The van der Waals surface area contributed by atoms with Crippen molar-refractivity contribution in [1.29, 1.82) is 0 Å². The maximum atomic E-state index is 4.50. The molecule has 0 amide bonds. The Bertz CT molecular complexity index is 986. The highest BCUT2D eigenvalue weighted by Gasteiger charge is 2.13. The van der Waals surface area contributed by atoms with Gasteiger partial charge in [0.25, 0.3) is 0 Å². The maximum absolute atomic E-state index is 4.50. The zero-order chi connectivity index (χ0) is 16.5. The molecule has 0 atom stereocenters. The van der Waals surface area contributed by atoms with Gasteiger partial charge in [0, 0.05) is 16.6 Å². The first-order chi connectivity index (χ1) is 11.7. The third kappa shape index (κ3) is 2.76. The molecule has 0 radical (unpaired) electrons. The van der Waals surface area contributed by atoms with Gasteiger partial charge in [0.15, 0.2) is 0 Å². The average Bonchev–Trinajstić information content (AvgIpc) is 3.00. The minimum absolute atomic E-state index is 0.852. The monoisotopic (exact) mass is 331 g/mol. The number of rotatable bonds is 3. The Labute approximate surface area is 145 Å². The summed E-state index contributed by atoms with van der Waals surface area (Å²) >= 11 is 1.65. The van der Waals surface area contributed by atoms with Crippen molar-refractivity contribution in [3.05, 3.63) is 71.4 Å². The number of benzene rings is 2. The number of nitrogens with zero attached hydrogens (tertiary/aromatic N) is 2. The van der Waals surface area contributed by atoms with Gasteiger partial charge in [-0.2, -0.15) is 0 Å². The van der Waals surface area contributed by atoms with Crippen molar-refractivity contribution in [2.75, 3.05) is 5.32 Å². The van der Waals surface area contributed by atoms with Crippen LogP contribution in [0.15, 0.2) is 60.2 Å². The van der Waals surface area contributed by atoms with Crippen LogP contribution in [-0.4, -0.2) is 9.97 Å². The van der Waals surface area contributed by atoms with Crippen LogP contribution in [0.4, 0.5) is 11.5 Å². The highest BCUT2D eigenvalue weighted by atomic mass is 32.1. The highest BCUT2D eigenvalue weighted by Crippen LogP contribution is 2.37. The molecule has 0 spiro atoms. The van der Waals surface area contributed by atoms with E-state index < -0.39 is 0 Å². The molecule has 0 aliphatic heterocycles. The molecule has 3 nitrogen and oxygen atoms in total. The summed E-state index contributed by atoms with van der Waals surface area (Å²) in [4.78, 5) is 9.93. The highest BCUT2D eigenvalue weighted by molar-refractivity contribution is 7.17. The van der Waals surface area contributed by atoms with Crippen LogP contribution in [-0.2, 0) is 0 Å². The van der Waals surface area contributed by atoms with Gasteiger partial charge >= 0.3 is 0 Å². The largest absolute Gasteiger partial charge is 0.340 e. The Morgan fingerprint density at radius 2 is 1.67 bits per heavy atom. The molecule has 1 N–H and O–H groups in total. The molecular weight excluding hydrogens is 314 g/mol. The number of thiophene rings is 1. The van der Waals surface area contributed by atoms with E-state index in [1.807, 2.05) is 6.07 Å². The van der Waals surface area contributed by atoms with E-state index in [1.54, 1.807) is 17.7 Å². The molecule has 4 aromatic rings. The SMILES string of the molecule is Cc1cc(C)cc(Nc2ncnc3scc(-c4ccccc4)c23)c1. The smallest absolute Gasteiger partial charge is 0.143 e. The molecule has 0 aliphatic rings. The topological polar surface area (TPSA) is 37.8 Å². The summed E-state index contributed by atoms with van der Waals surface area (Å²) in [6.45, 7) is 4.21. The van der Waals surface area contributed by atoms with Crippen molar-refractivity contribution in [1.82, 2.24) is 9.97 Å². The number of anilines is 2. The summed E-state index contributed by atoms with van der Waals surface area (Å²) in [6, 6.07) is 16.8. The van der Waals surface area contributed by atoms with Crippen LogP contribution in [0.3, 0.4) is 0 Å². The number of aryl methyl sites for hydroxylation is 2. The van der Waals surface area contributed by atoms with E-state index >= 15 is 0 Å². The van der Waals surface area contributed by atoms with Crippen LogP contribution in [0.2, 0.25) is 0 Å². The standard InChI is InChI=1S/C20H17N3S/c1-13-8-14(2)10-16(9-13)23-19-18-17(15-6-4-3-5-7-15)11-24-20(18)22-12-21-19/h3-12H,1-2H3,(H,21,22,23). The number of fused-ring (bicyclic) bond motifs is 1. The van der Waals surface area contributed by atoms with Crippen molar-refractivity contribution in [2.24, 2.45) is 0 Å². The molecule has 2 aromatic carbocycles. The summed E-state index contributed by atoms with van der Waals surface area (Å²) in [5, 5.41) is 6.71. The van der Waals surface area contributed by atoms with Gasteiger partial charge in [-0.1, -0.05) is 36.4 Å². The normalized spacial score (nSPS) is 10.9. The number of aromatic nitrogens is 2.